The fraction of sp³-hybridized carbons (Fsp3) is 0.308. The zero-order chi connectivity index (χ0) is 14.9. The van der Waals surface area contributed by atoms with Crippen molar-refractivity contribution in [2.75, 3.05) is 4.72 Å². The highest BCUT2D eigenvalue weighted by atomic mass is 32.2. The number of furan rings is 1. The van der Waals surface area contributed by atoms with Crippen molar-refractivity contribution < 1.29 is 12.8 Å². The van der Waals surface area contributed by atoms with Crippen molar-refractivity contribution in [3.05, 3.63) is 41.0 Å². The van der Waals surface area contributed by atoms with Gasteiger partial charge in [0.25, 0.3) is 10.0 Å². The SMILES string of the molecule is Cc1cccc(NS(=O)(=O)c2c(C)oc(C)c2CN)n1. The van der Waals surface area contributed by atoms with Gasteiger partial charge >= 0.3 is 0 Å². The van der Waals surface area contributed by atoms with E-state index in [9.17, 15) is 8.42 Å². The smallest absolute Gasteiger partial charge is 0.266 e. The molecule has 7 heteroatoms. The Labute approximate surface area is 118 Å². The average Bonchev–Trinajstić information content (AvgIpc) is 2.63. The van der Waals surface area contributed by atoms with E-state index in [-0.39, 0.29) is 17.3 Å². The van der Waals surface area contributed by atoms with E-state index in [1.807, 2.05) is 0 Å². The predicted molar refractivity (Wildman–Crippen MR) is 75.9 cm³/mol. The number of sulfonamides is 1. The number of hydrogen-bond donors (Lipinski definition) is 2. The molecule has 0 atom stereocenters. The van der Waals surface area contributed by atoms with Crippen LogP contribution in [-0.2, 0) is 16.6 Å². The van der Waals surface area contributed by atoms with E-state index in [1.165, 1.54) is 0 Å². The normalized spacial score (nSPS) is 11.6. The summed E-state index contributed by atoms with van der Waals surface area (Å²) in [5.41, 5.74) is 6.83. The standard InChI is InChI=1S/C13H17N3O3S/c1-8-5-4-6-12(15-8)16-20(17,18)13-10(3)19-9(2)11(13)7-14/h4-6H,7,14H2,1-3H3,(H,15,16). The van der Waals surface area contributed by atoms with E-state index in [4.69, 9.17) is 10.2 Å². The van der Waals surface area contributed by atoms with Crippen LogP contribution in [0.5, 0.6) is 0 Å². The molecule has 0 saturated heterocycles. The van der Waals surface area contributed by atoms with Crippen molar-refractivity contribution >= 4 is 15.8 Å². The van der Waals surface area contributed by atoms with Crippen LogP contribution in [0.3, 0.4) is 0 Å². The van der Waals surface area contributed by atoms with E-state index in [2.05, 4.69) is 9.71 Å². The fourth-order valence-electron chi connectivity index (χ4n) is 2.09. The second-order valence-corrected chi connectivity index (χ2v) is 6.12. The minimum absolute atomic E-state index is 0.0979. The zero-order valence-corrected chi connectivity index (χ0v) is 12.4. The molecule has 2 rings (SSSR count). The monoisotopic (exact) mass is 295 g/mol. The van der Waals surface area contributed by atoms with Gasteiger partial charge in [0.05, 0.1) is 0 Å². The lowest BCUT2D eigenvalue weighted by Crippen LogP contribution is -2.17. The Balaban J connectivity index is 2.46. The molecule has 0 bridgehead atoms. The third kappa shape index (κ3) is 2.68. The largest absolute Gasteiger partial charge is 0.465 e. The molecule has 0 aliphatic heterocycles. The Hall–Kier alpha value is -1.86. The Morgan fingerprint density at radius 3 is 2.55 bits per heavy atom. The van der Waals surface area contributed by atoms with E-state index in [1.54, 1.807) is 39.0 Å². The maximum atomic E-state index is 12.5. The van der Waals surface area contributed by atoms with Crippen molar-refractivity contribution in [1.29, 1.82) is 0 Å². The first-order chi connectivity index (χ1) is 9.35. The van der Waals surface area contributed by atoms with Crippen LogP contribution in [0, 0.1) is 20.8 Å². The Kier molecular flexibility index (Phi) is 3.82. The van der Waals surface area contributed by atoms with Crippen molar-refractivity contribution in [3.8, 4) is 0 Å². The van der Waals surface area contributed by atoms with Gasteiger partial charge in [-0.25, -0.2) is 13.4 Å². The average molecular weight is 295 g/mol. The first kappa shape index (κ1) is 14.5. The molecular formula is C13H17N3O3S. The topological polar surface area (TPSA) is 98.2 Å². The van der Waals surface area contributed by atoms with Crippen LogP contribution in [0.15, 0.2) is 27.5 Å². The highest BCUT2D eigenvalue weighted by Gasteiger charge is 2.26. The highest BCUT2D eigenvalue weighted by molar-refractivity contribution is 7.92. The van der Waals surface area contributed by atoms with Crippen molar-refractivity contribution in [3.63, 3.8) is 0 Å². The lowest BCUT2D eigenvalue weighted by Gasteiger charge is -2.08. The molecule has 0 aliphatic carbocycles. The predicted octanol–water partition coefficient (Wildman–Crippen LogP) is 1.86. The molecule has 20 heavy (non-hydrogen) atoms. The number of hydrogen-bond acceptors (Lipinski definition) is 5. The molecule has 0 spiro atoms. The second-order valence-electron chi connectivity index (χ2n) is 4.50. The van der Waals surface area contributed by atoms with Gasteiger partial charge in [0.1, 0.15) is 22.2 Å². The van der Waals surface area contributed by atoms with Gasteiger partial charge in [-0.1, -0.05) is 6.07 Å². The van der Waals surface area contributed by atoms with Gasteiger partial charge < -0.3 is 10.2 Å². The first-order valence-corrected chi connectivity index (χ1v) is 7.59. The molecule has 0 unspecified atom stereocenters. The molecule has 0 saturated carbocycles. The molecule has 0 aromatic carbocycles. The number of aryl methyl sites for hydroxylation is 3. The number of rotatable bonds is 4. The van der Waals surface area contributed by atoms with Crippen LogP contribution in [0.1, 0.15) is 22.8 Å². The third-order valence-electron chi connectivity index (χ3n) is 2.93. The molecule has 2 aromatic rings. The first-order valence-electron chi connectivity index (χ1n) is 6.10. The van der Waals surface area contributed by atoms with Gasteiger partial charge in [0, 0.05) is 17.8 Å². The molecule has 0 aliphatic rings. The Bertz CT molecular complexity index is 735. The summed E-state index contributed by atoms with van der Waals surface area (Å²) >= 11 is 0. The summed E-state index contributed by atoms with van der Waals surface area (Å²) in [6, 6.07) is 5.11. The van der Waals surface area contributed by atoms with Gasteiger partial charge in [-0.15, -0.1) is 0 Å². The molecule has 2 aromatic heterocycles. The Morgan fingerprint density at radius 2 is 1.95 bits per heavy atom. The Morgan fingerprint density at radius 1 is 1.25 bits per heavy atom. The molecule has 0 fully saturated rings. The minimum atomic E-state index is -3.77. The molecule has 108 valence electrons. The van der Waals surface area contributed by atoms with Gasteiger partial charge in [0.2, 0.25) is 0 Å². The maximum Gasteiger partial charge on any atom is 0.266 e. The maximum absolute atomic E-state index is 12.5. The highest BCUT2D eigenvalue weighted by Crippen LogP contribution is 2.27. The quantitative estimate of drug-likeness (QED) is 0.897. The van der Waals surface area contributed by atoms with Crippen LogP contribution in [0.4, 0.5) is 5.82 Å². The van der Waals surface area contributed by atoms with Crippen LogP contribution in [0.2, 0.25) is 0 Å². The number of pyridine rings is 1. The van der Waals surface area contributed by atoms with Gasteiger partial charge in [-0.05, 0) is 32.9 Å². The summed E-state index contributed by atoms with van der Waals surface area (Å²) in [7, 11) is -3.77. The number of nitrogens with two attached hydrogens (primary N) is 1. The lowest BCUT2D eigenvalue weighted by molar-refractivity contribution is 0.494. The summed E-state index contributed by atoms with van der Waals surface area (Å²) in [5, 5.41) is 0. The van der Waals surface area contributed by atoms with Gasteiger partial charge in [0.15, 0.2) is 0 Å². The van der Waals surface area contributed by atoms with E-state index in [0.29, 0.717) is 17.1 Å². The van der Waals surface area contributed by atoms with Crippen LogP contribution < -0.4 is 10.5 Å². The lowest BCUT2D eigenvalue weighted by atomic mass is 10.2. The van der Waals surface area contributed by atoms with Gasteiger partial charge in [-0.3, -0.25) is 4.72 Å². The summed E-state index contributed by atoms with van der Waals surface area (Å²) in [6.45, 7) is 5.18. The van der Waals surface area contributed by atoms with E-state index < -0.39 is 10.0 Å². The number of nitrogens with zero attached hydrogens (tertiary/aromatic N) is 1. The minimum Gasteiger partial charge on any atom is -0.465 e. The second kappa shape index (κ2) is 5.26. The summed E-state index contributed by atoms with van der Waals surface area (Å²) in [5.74, 6) is 1.11. The number of aromatic nitrogens is 1. The third-order valence-corrected chi connectivity index (χ3v) is 4.47. The van der Waals surface area contributed by atoms with Crippen LogP contribution in [-0.4, -0.2) is 13.4 Å². The van der Waals surface area contributed by atoms with E-state index in [0.717, 1.165) is 5.69 Å². The molecule has 0 amide bonds. The summed E-state index contributed by atoms with van der Waals surface area (Å²) in [4.78, 5) is 4.22. The van der Waals surface area contributed by atoms with E-state index >= 15 is 0 Å². The van der Waals surface area contributed by atoms with Crippen LogP contribution in [0.25, 0.3) is 0 Å². The molecule has 3 N–H and O–H groups in total. The summed E-state index contributed by atoms with van der Waals surface area (Å²) < 4.78 is 32.7. The number of nitrogens with one attached hydrogen (secondary N) is 1. The van der Waals surface area contributed by atoms with Gasteiger partial charge in [-0.2, -0.15) is 0 Å². The molecule has 6 nitrogen and oxygen atoms in total. The molecular weight excluding hydrogens is 278 g/mol. The summed E-state index contributed by atoms with van der Waals surface area (Å²) in [6.07, 6.45) is 0. The number of anilines is 1. The van der Waals surface area contributed by atoms with Crippen molar-refractivity contribution in [2.45, 2.75) is 32.2 Å². The fourth-order valence-corrected chi connectivity index (χ4v) is 3.55. The zero-order valence-electron chi connectivity index (χ0n) is 11.6. The molecule has 2 heterocycles. The van der Waals surface area contributed by atoms with Crippen molar-refractivity contribution in [1.82, 2.24) is 4.98 Å². The van der Waals surface area contributed by atoms with Crippen LogP contribution >= 0.6 is 0 Å². The molecule has 0 radical (unpaired) electrons. The van der Waals surface area contributed by atoms with Crippen molar-refractivity contribution in [2.24, 2.45) is 5.73 Å².